The molecule has 1 N–H and O–H groups in total. The van der Waals surface area contributed by atoms with Crippen molar-refractivity contribution in [3.63, 3.8) is 0 Å². The van der Waals surface area contributed by atoms with Gasteiger partial charge in [-0.15, -0.1) is 0 Å². The van der Waals surface area contributed by atoms with Crippen LogP contribution in [0.1, 0.15) is 15.9 Å². The second kappa shape index (κ2) is 7.64. The van der Waals surface area contributed by atoms with Crippen LogP contribution in [-0.4, -0.2) is 36.7 Å². The number of rotatable bonds is 4. The molecule has 1 fully saturated rings. The van der Waals surface area contributed by atoms with Gasteiger partial charge in [-0.25, -0.2) is 0 Å². The number of methoxy groups -OCH3 is 1. The quantitative estimate of drug-likeness (QED) is 0.483. The molecule has 0 saturated carbocycles. The van der Waals surface area contributed by atoms with Crippen LogP contribution in [0, 0.1) is 0 Å². The van der Waals surface area contributed by atoms with Crippen LogP contribution in [-0.2, 0) is 6.54 Å². The largest absolute Gasteiger partial charge is 0.497 e. The monoisotopic (exact) mass is 435 g/mol. The average Bonchev–Trinajstić information content (AvgIpc) is 2.84. The number of carbonyl (C=O) groups excluding carboxylic acids is 1. The lowest BCUT2D eigenvalue weighted by Gasteiger charge is -2.58. The topological polar surface area (TPSA) is 44.8 Å². The molecule has 2 aliphatic heterocycles. The average molecular weight is 436 g/mol. The summed E-state index contributed by atoms with van der Waals surface area (Å²) >= 11 is 0. The number of benzene rings is 4. The lowest BCUT2D eigenvalue weighted by atomic mass is 9.90. The van der Waals surface area contributed by atoms with E-state index in [1.54, 1.807) is 7.11 Å². The predicted octanol–water partition coefficient (Wildman–Crippen LogP) is 5.13. The Morgan fingerprint density at radius 1 is 0.879 bits per heavy atom. The number of hydrogen-bond acceptors (Lipinski definition) is 4. The van der Waals surface area contributed by atoms with E-state index >= 15 is 0 Å². The van der Waals surface area contributed by atoms with Gasteiger partial charge in [-0.2, -0.15) is 0 Å². The Morgan fingerprint density at radius 2 is 1.61 bits per heavy atom. The maximum Gasteiger partial charge on any atom is 0.262 e. The molecule has 5 nitrogen and oxygen atoms in total. The second-order valence-corrected chi connectivity index (χ2v) is 8.82. The first-order valence-corrected chi connectivity index (χ1v) is 11.2. The maximum atomic E-state index is 13.7. The number of likely N-dealkylation sites (tertiary alicyclic amines) is 1. The van der Waals surface area contributed by atoms with Gasteiger partial charge in [-0.05, 0) is 52.7 Å². The van der Waals surface area contributed by atoms with Gasteiger partial charge in [0.2, 0.25) is 0 Å². The van der Waals surface area contributed by atoms with Crippen molar-refractivity contribution in [1.29, 1.82) is 0 Å². The van der Waals surface area contributed by atoms with Gasteiger partial charge in [-0.1, -0.05) is 54.6 Å². The SMILES string of the molecule is COc1ccc(N2C(=O)c3ccccc3NC23CN(Cc2cccc4ccccc24)C3)cc1. The molecule has 0 atom stereocenters. The molecule has 0 radical (unpaired) electrons. The highest BCUT2D eigenvalue weighted by Gasteiger charge is 2.53. The van der Waals surface area contributed by atoms with Crippen molar-refractivity contribution in [2.24, 2.45) is 0 Å². The summed E-state index contributed by atoms with van der Waals surface area (Å²) in [7, 11) is 1.65. The molecular formula is C28H25N3O2. The first-order valence-electron chi connectivity index (χ1n) is 11.2. The van der Waals surface area contributed by atoms with Crippen LogP contribution < -0.4 is 15.0 Å². The molecule has 2 aliphatic rings. The van der Waals surface area contributed by atoms with Crippen molar-refractivity contribution >= 4 is 28.1 Å². The minimum atomic E-state index is -0.482. The molecule has 2 heterocycles. The summed E-state index contributed by atoms with van der Waals surface area (Å²) in [6, 6.07) is 30.5. The lowest BCUT2D eigenvalue weighted by Crippen LogP contribution is -2.76. The molecule has 33 heavy (non-hydrogen) atoms. The van der Waals surface area contributed by atoms with E-state index in [4.69, 9.17) is 4.74 Å². The zero-order chi connectivity index (χ0) is 22.4. The fraction of sp³-hybridized carbons (Fsp3) is 0.179. The van der Waals surface area contributed by atoms with Crippen LogP contribution in [0.15, 0.2) is 91.0 Å². The molecule has 4 aromatic rings. The zero-order valence-electron chi connectivity index (χ0n) is 18.5. The maximum absolute atomic E-state index is 13.7. The summed E-state index contributed by atoms with van der Waals surface area (Å²) in [4.78, 5) is 18.0. The van der Waals surface area contributed by atoms with Gasteiger partial charge in [0.15, 0.2) is 0 Å². The van der Waals surface area contributed by atoms with Crippen LogP contribution in [0.4, 0.5) is 11.4 Å². The Labute approximate surface area is 193 Å². The Kier molecular flexibility index (Phi) is 4.59. The molecule has 4 aromatic carbocycles. The van der Waals surface area contributed by atoms with Gasteiger partial charge >= 0.3 is 0 Å². The number of amides is 1. The first-order chi connectivity index (χ1) is 16.2. The molecule has 1 saturated heterocycles. The normalized spacial score (nSPS) is 16.9. The van der Waals surface area contributed by atoms with Crippen molar-refractivity contribution in [2.45, 2.75) is 12.2 Å². The summed E-state index contributed by atoms with van der Waals surface area (Å²) in [5.74, 6) is 0.802. The van der Waals surface area contributed by atoms with Crippen molar-refractivity contribution < 1.29 is 9.53 Å². The Hall–Kier alpha value is -3.83. The molecule has 0 aromatic heterocycles. The Morgan fingerprint density at radius 3 is 2.42 bits per heavy atom. The highest BCUT2D eigenvalue weighted by molar-refractivity contribution is 6.13. The highest BCUT2D eigenvalue weighted by Crippen LogP contribution is 2.41. The summed E-state index contributed by atoms with van der Waals surface area (Å²) in [6.07, 6.45) is 0. The summed E-state index contributed by atoms with van der Waals surface area (Å²) in [6.45, 7) is 2.32. The number of carbonyl (C=O) groups is 1. The molecule has 1 amide bonds. The number of anilines is 2. The number of ether oxygens (including phenoxy) is 1. The van der Waals surface area contributed by atoms with E-state index in [0.29, 0.717) is 5.56 Å². The molecule has 0 aliphatic carbocycles. The van der Waals surface area contributed by atoms with Crippen molar-refractivity contribution in [3.05, 3.63) is 102 Å². The third kappa shape index (κ3) is 3.24. The first kappa shape index (κ1) is 19.8. The zero-order valence-corrected chi connectivity index (χ0v) is 18.5. The van der Waals surface area contributed by atoms with Crippen LogP contribution >= 0.6 is 0 Å². The predicted molar refractivity (Wildman–Crippen MR) is 132 cm³/mol. The lowest BCUT2D eigenvalue weighted by molar-refractivity contribution is 0.0612. The number of nitrogens with zero attached hydrogens (tertiary/aromatic N) is 2. The van der Waals surface area contributed by atoms with Gasteiger partial charge < -0.3 is 10.1 Å². The van der Waals surface area contributed by atoms with Gasteiger partial charge in [0.1, 0.15) is 11.4 Å². The van der Waals surface area contributed by atoms with Gasteiger partial charge in [-0.3, -0.25) is 14.6 Å². The highest BCUT2D eigenvalue weighted by atomic mass is 16.5. The van der Waals surface area contributed by atoms with Gasteiger partial charge in [0.25, 0.3) is 5.91 Å². The van der Waals surface area contributed by atoms with Crippen LogP contribution in [0.25, 0.3) is 10.8 Å². The minimum absolute atomic E-state index is 0.0272. The molecule has 1 spiro atoms. The molecule has 5 heteroatoms. The Bertz CT molecular complexity index is 1340. The summed E-state index contributed by atoms with van der Waals surface area (Å²) < 4.78 is 5.32. The third-order valence-electron chi connectivity index (χ3n) is 6.73. The summed E-state index contributed by atoms with van der Waals surface area (Å²) in [5, 5.41) is 6.24. The van der Waals surface area contributed by atoms with E-state index in [2.05, 4.69) is 52.7 Å². The fourth-order valence-corrected chi connectivity index (χ4v) is 5.19. The fourth-order valence-electron chi connectivity index (χ4n) is 5.19. The number of hydrogen-bond donors (Lipinski definition) is 1. The number of fused-ring (bicyclic) bond motifs is 2. The molecule has 0 bridgehead atoms. The van der Waals surface area contributed by atoms with Crippen molar-refractivity contribution in [3.8, 4) is 5.75 Å². The Balaban J connectivity index is 1.33. The van der Waals surface area contributed by atoms with Crippen LogP contribution in [0.3, 0.4) is 0 Å². The van der Waals surface area contributed by atoms with Crippen molar-refractivity contribution in [2.75, 3.05) is 30.4 Å². The van der Waals surface area contributed by atoms with Crippen molar-refractivity contribution in [1.82, 2.24) is 4.90 Å². The third-order valence-corrected chi connectivity index (χ3v) is 6.73. The van der Waals surface area contributed by atoms with E-state index < -0.39 is 5.66 Å². The van der Waals surface area contributed by atoms with Gasteiger partial charge in [0.05, 0.1) is 12.7 Å². The molecular weight excluding hydrogens is 410 g/mol. The molecule has 0 unspecified atom stereocenters. The van der Waals surface area contributed by atoms with E-state index in [0.717, 1.165) is 36.8 Å². The standard InChI is InChI=1S/C28H25N3O2/c1-33-23-15-13-22(14-16-23)31-27(32)25-11-4-5-12-26(25)29-28(31)18-30(19-28)17-21-9-6-8-20-7-2-3-10-24(20)21/h2-16,29H,17-19H2,1H3. The van der Waals surface area contributed by atoms with Crippen LogP contribution in [0.2, 0.25) is 0 Å². The van der Waals surface area contributed by atoms with E-state index in [9.17, 15) is 4.79 Å². The van der Waals surface area contributed by atoms with E-state index in [1.807, 2.05) is 53.4 Å². The molecule has 164 valence electrons. The number of nitrogens with one attached hydrogen (secondary N) is 1. The second-order valence-electron chi connectivity index (χ2n) is 8.82. The van der Waals surface area contributed by atoms with Crippen LogP contribution in [0.5, 0.6) is 5.75 Å². The minimum Gasteiger partial charge on any atom is -0.497 e. The van der Waals surface area contributed by atoms with E-state index in [1.165, 1.54) is 16.3 Å². The smallest absolute Gasteiger partial charge is 0.262 e. The van der Waals surface area contributed by atoms with E-state index in [-0.39, 0.29) is 5.91 Å². The van der Waals surface area contributed by atoms with Gasteiger partial charge in [0, 0.05) is 31.0 Å². The summed E-state index contributed by atoms with van der Waals surface area (Å²) in [5.41, 5.74) is 3.29. The molecule has 6 rings (SSSR count). The number of para-hydroxylation sites is 1.